The van der Waals surface area contributed by atoms with Crippen LogP contribution in [0.15, 0.2) is 0 Å². The van der Waals surface area contributed by atoms with Crippen molar-refractivity contribution in [1.29, 1.82) is 0 Å². The van der Waals surface area contributed by atoms with E-state index >= 15 is 0 Å². The third-order valence-electron chi connectivity index (χ3n) is 2.84. The Bertz CT molecular complexity index is 207. The molecule has 1 fully saturated rings. The lowest BCUT2D eigenvalue weighted by Crippen LogP contribution is -2.40. The molecule has 1 rings (SSSR count). The molecule has 2 unspecified atom stereocenters. The maximum Gasteiger partial charge on any atom is 0.248 e. The fourth-order valence-corrected chi connectivity index (χ4v) is 2.10. The van der Waals surface area contributed by atoms with Crippen molar-refractivity contribution in [2.75, 3.05) is 33.7 Å². The molecule has 1 saturated heterocycles. The number of likely N-dealkylation sites (N-methyl/N-ethyl adjacent to an activating group) is 1. The Morgan fingerprint density at radius 1 is 1.57 bits per heavy atom. The van der Waals surface area contributed by atoms with Gasteiger partial charge in [-0.2, -0.15) is 0 Å². The number of nitrogens with one attached hydrogen (secondary N) is 1. The molecule has 2 atom stereocenters. The minimum Gasteiger partial charge on any atom is -0.305 e. The van der Waals surface area contributed by atoms with Crippen molar-refractivity contribution in [2.24, 2.45) is 11.8 Å². The van der Waals surface area contributed by atoms with Gasteiger partial charge in [-0.05, 0) is 20.0 Å². The van der Waals surface area contributed by atoms with Crippen LogP contribution in [0.2, 0.25) is 0 Å². The second-order valence-corrected chi connectivity index (χ2v) is 4.27. The molecule has 0 saturated carbocycles. The van der Waals surface area contributed by atoms with Crippen LogP contribution in [0, 0.1) is 5.92 Å². The molecule has 0 spiro atoms. The molecule has 0 aromatic rings. The number of hydrogen-bond donors (Lipinski definition) is 2. The van der Waals surface area contributed by atoms with Gasteiger partial charge >= 0.3 is 0 Å². The van der Waals surface area contributed by atoms with Crippen molar-refractivity contribution in [3.63, 3.8) is 0 Å². The molecule has 5 nitrogen and oxygen atoms in total. The number of hydrogen-bond acceptors (Lipinski definition) is 4. The topological polar surface area (TPSA) is 61.6 Å². The van der Waals surface area contributed by atoms with Gasteiger partial charge in [-0.3, -0.25) is 15.1 Å². The Balaban J connectivity index is 2.42. The van der Waals surface area contributed by atoms with Gasteiger partial charge < -0.3 is 4.90 Å². The zero-order chi connectivity index (χ0) is 10.7. The lowest BCUT2D eigenvalue weighted by molar-refractivity contribution is -0.122. The lowest BCUT2D eigenvalue weighted by atomic mass is 10.1. The maximum atomic E-state index is 11.1. The summed E-state index contributed by atoms with van der Waals surface area (Å²) < 4.78 is 0. The lowest BCUT2D eigenvalue weighted by Gasteiger charge is -2.22. The molecular weight excluding hydrogens is 180 g/mol. The number of nitrogens with zero attached hydrogens (tertiary/aromatic N) is 2. The highest BCUT2D eigenvalue weighted by Crippen LogP contribution is 2.19. The number of carbonyl (C=O) groups excluding carboxylic acids is 1. The second-order valence-electron chi connectivity index (χ2n) is 4.27. The maximum absolute atomic E-state index is 11.1. The van der Waals surface area contributed by atoms with Crippen LogP contribution in [0.1, 0.15) is 6.92 Å². The quantitative estimate of drug-likeness (QED) is 0.343. The minimum atomic E-state index is -0.114. The molecule has 3 N–H and O–H groups in total. The van der Waals surface area contributed by atoms with Crippen LogP contribution in [0.25, 0.3) is 0 Å². The van der Waals surface area contributed by atoms with E-state index in [4.69, 9.17) is 5.84 Å². The van der Waals surface area contributed by atoms with Gasteiger partial charge in [0.05, 0.1) is 6.54 Å². The molecule has 0 radical (unpaired) electrons. The van der Waals surface area contributed by atoms with Crippen LogP contribution in [0.4, 0.5) is 0 Å². The normalized spacial score (nSPS) is 28.4. The summed E-state index contributed by atoms with van der Waals surface area (Å²) in [5.41, 5.74) is 2.16. The number of carbonyl (C=O) groups is 1. The van der Waals surface area contributed by atoms with E-state index < -0.39 is 0 Å². The van der Waals surface area contributed by atoms with E-state index in [1.807, 2.05) is 0 Å². The van der Waals surface area contributed by atoms with Gasteiger partial charge in [-0.15, -0.1) is 0 Å². The predicted octanol–water partition coefficient (Wildman–Crippen LogP) is -1.14. The van der Waals surface area contributed by atoms with Crippen molar-refractivity contribution >= 4 is 5.91 Å². The van der Waals surface area contributed by atoms with E-state index in [-0.39, 0.29) is 5.91 Å². The highest BCUT2D eigenvalue weighted by Gasteiger charge is 2.31. The summed E-state index contributed by atoms with van der Waals surface area (Å²) in [5.74, 6) is 5.54. The zero-order valence-electron chi connectivity index (χ0n) is 9.16. The van der Waals surface area contributed by atoms with E-state index in [1.54, 1.807) is 0 Å². The predicted molar refractivity (Wildman–Crippen MR) is 55.4 cm³/mol. The average molecular weight is 200 g/mol. The number of likely N-dealkylation sites (tertiary alicyclic amines) is 1. The van der Waals surface area contributed by atoms with Gasteiger partial charge in [-0.25, -0.2) is 5.84 Å². The third-order valence-corrected chi connectivity index (χ3v) is 2.84. The molecule has 1 heterocycles. The molecule has 5 heteroatoms. The summed E-state index contributed by atoms with van der Waals surface area (Å²) in [6.45, 7) is 4.54. The van der Waals surface area contributed by atoms with Gasteiger partial charge in [0.2, 0.25) is 5.91 Å². The van der Waals surface area contributed by atoms with Gasteiger partial charge in [-0.1, -0.05) is 6.92 Å². The van der Waals surface area contributed by atoms with Crippen molar-refractivity contribution in [3.05, 3.63) is 0 Å². The van der Waals surface area contributed by atoms with Crippen LogP contribution in [0.3, 0.4) is 0 Å². The standard InChI is InChI=1S/C9H20N4O/c1-7-4-13(6-9(14)11-10)5-8(7)12(2)3/h7-8H,4-6,10H2,1-3H3,(H,11,14). The molecule has 1 amide bonds. The van der Waals surface area contributed by atoms with E-state index in [9.17, 15) is 4.79 Å². The van der Waals surface area contributed by atoms with Gasteiger partial charge in [0.15, 0.2) is 0 Å². The fraction of sp³-hybridized carbons (Fsp3) is 0.889. The summed E-state index contributed by atoms with van der Waals surface area (Å²) in [6, 6.07) is 0.542. The largest absolute Gasteiger partial charge is 0.305 e. The first-order valence-electron chi connectivity index (χ1n) is 4.92. The van der Waals surface area contributed by atoms with E-state index in [0.717, 1.165) is 13.1 Å². The molecule has 0 aromatic heterocycles. The van der Waals surface area contributed by atoms with Crippen molar-refractivity contribution in [3.8, 4) is 0 Å². The van der Waals surface area contributed by atoms with Crippen LogP contribution < -0.4 is 11.3 Å². The van der Waals surface area contributed by atoms with Crippen molar-refractivity contribution < 1.29 is 4.79 Å². The Labute approximate surface area is 85.2 Å². The number of nitrogens with two attached hydrogens (primary N) is 1. The fourth-order valence-electron chi connectivity index (χ4n) is 2.10. The number of rotatable bonds is 3. The monoisotopic (exact) mass is 200 g/mol. The third kappa shape index (κ3) is 2.67. The summed E-state index contributed by atoms with van der Waals surface area (Å²) in [7, 11) is 4.15. The van der Waals surface area contributed by atoms with Gasteiger partial charge in [0, 0.05) is 19.1 Å². The molecule has 82 valence electrons. The molecule has 14 heavy (non-hydrogen) atoms. The Hall–Kier alpha value is -0.650. The van der Waals surface area contributed by atoms with Gasteiger partial charge in [0.1, 0.15) is 0 Å². The summed E-state index contributed by atoms with van der Waals surface area (Å²) in [6.07, 6.45) is 0. The first-order chi connectivity index (χ1) is 6.54. The molecule has 1 aliphatic heterocycles. The van der Waals surface area contributed by atoms with Crippen molar-refractivity contribution in [1.82, 2.24) is 15.2 Å². The first kappa shape index (κ1) is 11.4. The van der Waals surface area contributed by atoms with E-state index in [0.29, 0.717) is 18.5 Å². The second kappa shape index (κ2) is 4.72. The minimum absolute atomic E-state index is 0.114. The highest BCUT2D eigenvalue weighted by atomic mass is 16.2. The van der Waals surface area contributed by atoms with Crippen LogP contribution in [0.5, 0.6) is 0 Å². The first-order valence-corrected chi connectivity index (χ1v) is 4.92. The Morgan fingerprint density at radius 3 is 2.64 bits per heavy atom. The molecule has 1 aliphatic rings. The molecular formula is C9H20N4O. The van der Waals surface area contributed by atoms with E-state index in [2.05, 4.69) is 36.2 Å². The molecule has 0 aromatic carbocycles. The Morgan fingerprint density at radius 2 is 2.21 bits per heavy atom. The average Bonchev–Trinajstić information content (AvgIpc) is 2.46. The van der Waals surface area contributed by atoms with Gasteiger partial charge in [0.25, 0.3) is 0 Å². The van der Waals surface area contributed by atoms with Crippen molar-refractivity contribution in [2.45, 2.75) is 13.0 Å². The number of amides is 1. The SMILES string of the molecule is CC1CN(CC(=O)NN)CC1N(C)C. The van der Waals surface area contributed by atoms with E-state index in [1.165, 1.54) is 0 Å². The molecule has 0 aliphatic carbocycles. The smallest absolute Gasteiger partial charge is 0.248 e. The van der Waals surface area contributed by atoms with Crippen LogP contribution in [-0.2, 0) is 4.79 Å². The zero-order valence-corrected chi connectivity index (χ0v) is 9.16. The summed E-state index contributed by atoms with van der Waals surface area (Å²) in [5, 5.41) is 0. The Kier molecular flexibility index (Phi) is 3.86. The van der Waals surface area contributed by atoms with Crippen LogP contribution in [-0.4, -0.2) is 55.5 Å². The number of hydrazine groups is 1. The highest BCUT2D eigenvalue weighted by molar-refractivity contribution is 5.77. The summed E-state index contributed by atoms with van der Waals surface area (Å²) >= 11 is 0. The summed E-state index contributed by atoms with van der Waals surface area (Å²) in [4.78, 5) is 15.4. The van der Waals surface area contributed by atoms with Crippen LogP contribution >= 0.6 is 0 Å². The molecule has 0 bridgehead atoms.